The molecule has 3 rings (SSSR count). The predicted molar refractivity (Wildman–Crippen MR) is 81.9 cm³/mol. The minimum atomic E-state index is 0.128. The molecule has 0 saturated carbocycles. The van der Waals surface area contributed by atoms with E-state index in [2.05, 4.69) is 33.9 Å². The van der Waals surface area contributed by atoms with Gasteiger partial charge in [0.05, 0.1) is 24.5 Å². The van der Waals surface area contributed by atoms with Gasteiger partial charge < -0.3 is 10.1 Å². The van der Waals surface area contributed by atoms with Crippen LogP contribution in [0.15, 0.2) is 46.8 Å². The van der Waals surface area contributed by atoms with Crippen LogP contribution in [0.1, 0.15) is 4.88 Å². The van der Waals surface area contributed by atoms with Gasteiger partial charge in [0.2, 0.25) is 0 Å². The molecule has 0 radical (unpaired) electrons. The van der Waals surface area contributed by atoms with Crippen molar-refractivity contribution in [1.29, 1.82) is 0 Å². The average Bonchev–Trinajstić information content (AvgIpc) is 2.97. The standard InChI is InChI=1S/C15H14N2OS/c1-18-12-5-7-14-15(9-12)16-10-11(17-14)4-6-13-3-2-8-19-13/h2-11,17H,1H3/b6-4+. The monoisotopic (exact) mass is 270 g/mol. The SMILES string of the molecule is COc1ccc2c(c1)N=CC(/C=C/c1cccs1)N2. The fourth-order valence-corrected chi connectivity index (χ4v) is 2.56. The van der Waals surface area contributed by atoms with E-state index in [1.54, 1.807) is 18.4 Å². The van der Waals surface area contributed by atoms with Crippen LogP contribution in [0.5, 0.6) is 5.75 Å². The van der Waals surface area contributed by atoms with E-state index in [0.717, 1.165) is 17.1 Å². The summed E-state index contributed by atoms with van der Waals surface area (Å²) in [6.45, 7) is 0. The Kier molecular flexibility index (Phi) is 3.33. The van der Waals surface area contributed by atoms with E-state index in [9.17, 15) is 0 Å². The van der Waals surface area contributed by atoms with E-state index in [4.69, 9.17) is 4.74 Å². The van der Waals surface area contributed by atoms with Crippen molar-refractivity contribution < 1.29 is 4.74 Å². The van der Waals surface area contributed by atoms with E-state index >= 15 is 0 Å². The second-order valence-corrected chi connectivity index (χ2v) is 5.19. The highest BCUT2D eigenvalue weighted by molar-refractivity contribution is 7.10. The normalized spacial score (nSPS) is 17.2. The first kappa shape index (κ1) is 12.0. The number of nitrogens with zero attached hydrogens (tertiary/aromatic N) is 1. The molecule has 4 heteroatoms. The highest BCUT2D eigenvalue weighted by Gasteiger charge is 2.11. The summed E-state index contributed by atoms with van der Waals surface area (Å²) < 4.78 is 5.19. The number of thiophene rings is 1. The summed E-state index contributed by atoms with van der Waals surface area (Å²) in [6.07, 6.45) is 6.14. The van der Waals surface area contributed by atoms with Crippen molar-refractivity contribution in [2.75, 3.05) is 12.4 Å². The van der Waals surface area contributed by atoms with Crippen molar-refractivity contribution in [1.82, 2.24) is 0 Å². The zero-order chi connectivity index (χ0) is 13.1. The van der Waals surface area contributed by atoms with Crippen LogP contribution in [-0.2, 0) is 0 Å². The van der Waals surface area contributed by atoms with Gasteiger partial charge in [-0.15, -0.1) is 11.3 Å². The molecule has 1 aromatic heterocycles. The van der Waals surface area contributed by atoms with Gasteiger partial charge in [-0.1, -0.05) is 12.1 Å². The first-order valence-corrected chi connectivity index (χ1v) is 6.93. The van der Waals surface area contributed by atoms with Crippen LogP contribution >= 0.6 is 11.3 Å². The Labute approximate surface area is 116 Å². The predicted octanol–water partition coefficient (Wildman–Crippen LogP) is 3.97. The summed E-state index contributed by atoms with van der Waals surface area (Å²) in [7, 11) is 1.66. The quantitative estimate of drug-likeness (QED) is 0.915. The largest absolute Gasteiger partial charge is 0.497 e. The molecular formula is C15H14N2OS. The number of ether oxygens (including phenoxy) is 1. The van der Waals surface area contributed by atoms with E-state index in [1.165, 1.54) is 4.88 Å². The van der Waals surface area contributed by atoms with Crippen LogP contribution in [0.2, 0.25) is 0 Å². The molecule has 2 heterocycles. The van der Waals surface area contributed by atoms with Crippen molar-refractivity contribution in [3.8, 4) is 5.75 Å². The third-order valence-corrected chi connectivity index (χ3v) is 3.75. The molecule has 1 aliphatic heterocycles. The Morgan fingerprint density at radius 3 is 3.11 bits per heavy atom. The summed E-state index contributed by atoms with van der Waals surface area (Å²) in [4.78, 5) is 5.71. The summed E-state index contributed by atoms with van der Waals surface area (Å²) in [5, 5.41) is 5.50. The summed E-state index contributed by atoms with van der Waals surface area (Å²) >= 11 is 1.73. The molecule has 0 amide bonds. The average molecular weight is 270 g/mol. The maximum Gasteiger partial charge on any atom is 0.121 e. The third kappa shape index (κ3) is 2.69. The van der Waals surface area contributed by atoms with Crippen molar-refractivity contribution in [3.63, 3.8) is 0 Å². The molecule has 1 N–H and O–H groups in total. The van der Waals surface area contributed by atoms with Crippen molar-refractivity contribution in [3.05, 3.63) is 46.7 Å². The Bertz CT molecular complexity index is 617. The van der Waals surface area contributed by atoms with Gasteiger partial charge in [0.1, 0.15) is 5.75 Å². The number of benzene rings is 1. The van der Waals surface area contributed by atoms with E-state index in [1.807, 2.05) is 30.5 Å². The fourth-order valence-electron chi connectivity index (χ4n) is 1.93. The van der Waals surface area contributed by atoms with Crippen LogP contribution < -0.4 is 10.1 Å². The summed E-state index contributed by atoms with van der Waals surface area (Å²) in [6, 6.07) is 10.1. The number of aliphatic imine (C=N–C) groups is 1. The molecule has 0 fully saturated rings. The Hall–Kier alpha value is -2.07. The molecule has 1 unspecified atom stereocenters. The second-order valence-electron chi connectivity index (χ2n) is 4.21. The maximum absolute atomic E-state index is 5.19. The molecule has 0 saturated heterocycles. The van der Waals surface area contributed by atoms with Crippen molar-refractivity contribution >= 4 is 35.0 Å². The van der Waals surface area contributed by atoms with Crippen molar-refractivity contribution in [2.45, 2.75) is 6.04 Å². The number of anilines is 1. The van der Waals surface area contributed by atoms with E-state index in [0.29, 0.717) is 0 Å². The molecule has 0 bridgehead atoms. The van der Waals surface area contributed by atoms with Crippen LogP contribution in [0.25, 0.3) is 6.08 Å². The lowest BCUT2D eigenvalue weighted by atomic mass is 10.1. The first-order chi connectivity index (χ1) is 9.35. The molecule has 19 heavy (non-hydrogen) atoms. The molecule has 2 aromatic rings. The third-order valence-electron chi connectivity index (χ3n) is 2.91. The smallest absolute Gasteiger partial charge is 0.121 e. The lowest BCUT2D eigenvalue weighted by Gasteiger charge is -2.19. The minimum Gasteiger partial charge on any atom is -0.497 e. The topological polar surface area (TPSA) is 33.6 Å². The Morgan fingerprint density at radius 2 is 2.32 bits per heavy atom. The van der Waals surface area contributed by atoms with Gasteiger partial charge in [0, 0.05) is 17.2 Å². The number of nitrogens with one attached hydrogen (secondary N) is 1. The first-order valence-electron chi connectivity index (χ1n) is 6.05. The summed E-state index contributed by atoms with van der Waals surface area (Å²) in [5.41, 5.74) is 1.95. The van der Waals surface area contributed by atoms with Crippen LogP contribution in [-0.4, -0.2) is 19.4 Å². The van der Waals surface area contributed by atoms with Gasteiger partial charge in [-0.2, -0.15) is 0 Å². The Balaban J connectivity index is 1.76. The second kappa shape index (κ2) is 5.28. The van der Waals surface area contributed by atoms with E-state index in [-0.39, 0.29) is 6.04 Å². The summed E-state index contributed by atoms with van der Waals surface area (Å²) in [5.74, 6) is 0.824. The van der Waals surface area contributed by atoms with Gasteiger partial charge in [-0.3, -0.25) is 4.99 Å². The molecule has 96 valence electrons. The maximum atomic E-state index is 5.19. The zero-order valence-electron chi connectivity index (χ0n) is 10.5. The molecule has 0 spiro atoms. The van der Waals surface area contributed by atoms with Crippen molar-refractivity contribution in [2.24, 2.45) is 4.99 Å². The fraction of sp³-hybridized carbons (Fsp3) is 0.133. The highest BCUT2D eigenvalue weighted by Crippen LogP contribution is 2.32. The molecule has 1 atom stereocenters. The molecule has 1 aromatic carbocycles. The molecule has 3 nitrogen and oxygen atoms in total. The van der Waals surface area contributed by atoms with Gasteiger partial charge in [-0.25, -0.2) is 0 Å². The van der Waals surface area contributed by atoms with Gasteiger partial charge in [-0.05, 0) is 29.7 Å². The number of rotatable bonds is 3. The van der Waals surface area contributed by atoms with Gasteiger partial charge in [0.25, 0.3) is 0 Å². The van der Waals surface area contributed by atoms with Gasteiger partial charge >= 0.3 is 0 Å². The molecule has 0 aliphatic carbocycles. The number of fused-ring (bicyclic) bond motifs is 1. The van der Waals surface area contributed by atoms with E-state index < -0.39 is 0 Å². The Morgan fingerprint density at radius 1 is 1.37 bits per heavy atom. The molecule has 1 aliphatic rings. The highest BCUT2D eigenvalue weighted by atomic mass is 32.1. The number of hydrogen-bond acceptors (Lipinski definition) is 4. The molecular weight excluding hydrogens is 256 g/mol. The van der Waals surface area contributed by atoms with Crippen LogP contribution in [0.3, 0.4) is 0 Å². The van der Waals surface area contributed by atoms with Gasteiger partial charge in [0.15, 0.2) is 0 Å². The van der Waals surface area contributed by atoms with Crippen LogP contribution in [0, 0.1) is 0 Å². The number of hydrogen-bond donors (Lipinski definition) is 1. The lowest BCUT2D eigenvalue weighted by Crippen LogP contribution is -2.20. The van der Waals surface area contributed by atoms with Crippen LogP contribution in [0.4, 0.5) is 11.4 Å². The lowest BCUT2D eigenvalue weighted by molar-refractivity contribution is 0.415. The zero-order valence-corrected chi connectivity index (χ0v) is 11.4. The minimum absolute atomic E-state index is 0.128. The number of methoxy groups -OCH3 is 1.